The van der Waals surface area contributed by atoms with E-state index in [0.29, 0.717) is 22.6 Å². The molecular formula is C25H20N2O7. The Bertz CT molecular complexity index is 1300. The molecule has 0 aliphatic carbocycles. The maximum atomic E-state index is 13.2. The van der Waals surface area contributed by atoms with Gasteiger partial charge >= 0.3 is 0 Å². The molecule has 4 rings (SSSR count). The first-order valence-electron chi connectivity index (χ1n) is 10.2. The fourth-order valence-corrected chi connectivity index (χ4v) is 3.92. The average Bonchev–Trinajstić information content (AvgIpc) is 3.13. The highest BCUT2D eigenvalue weighted by molar-refractivity contribution is 6.51. The summed E-state index contributed by atoms with van der Waals surface area (Å²) in [5.41, 5.74) is 0.754. The minimum Gasteiger partial charge on any atom is -0.507 e. The monoisotopic (exact) mass is 460 g/mol. The Labute approximate surface area is 194 Å². The van der Waals surface area contributed by atoms with Gasteiger partial charge in [0.05, 0.1) is 30.8 Å². The SMILES string of the molecule is COc1ccc([C@H]2/C(=C(\O)c3ccccc3)C(=O)C(=O)N2c2ccc([N+](=O)[O-])cc2)c(OC)c1. The number of rotatable bonds is 6. The quantitative estimate of drug-likeness (QED) is 0.192. The zero-order valence-corrected chi connectivity index (χ0v) is 18.3. The number of amides is 1. The van der Waals surface area contributed by atoms with Gasteiger partial charge in [0, 0.05) is 35.0 Å². The Morgan fingerprint density at radius 2 is 1.65 bits per heavy atom. The fraction of sp³-hybridized carbons (Fsp3) is 0.120. The van der Waals surface area contributed by atoms with Crippen molar-refractivity contribution in [1.82, 2.24) is 0 Å². The molecular weight excluding hydrogens is 440 g/mol. The second-order valence-corrected chi connectivity index (χ2v) is 7.42. The highest BCUT2D eigenvalue weighted by Crippen LogP contribution is 2.45. The van der Waals surface area contributed by atoms with Crippen molar-refractivity contribution in [2.24, 2.45) is 0 Å². The second kappa shape index (κ2) is 9.07. The lowest BCUT2D eigenvalue weighted by atomic mass is 9.94. The number of carbonyl (C=O) groups is 2. The Morgan fingerprint density at radius 1 is 0.971 bits per heavy atom. The number of methoxy groups -OCH3 is 2. The summed E-state index contributed by atoms with van der Waals surface area (Å²) in [7, 11) is 2.93. The number of Topliss-reactive ketones (excluding diaryl/α,β-unsaturated/α-hetero) is 1. The van der Waals surface area contributed by atoms with Crippen LogP contribution in [-0.2, 0) is 9.59 Å². The lowest BCUT2D eigenvalue weighted by Crippen LogP contribution is -2.29. The number of ketones is 1. The van der Waals surface area contributed by atoms with Gasteiger partial charge in [-0.2, -0.15) is 0 Å². The van der Waals surface area contributed by atoms with Crippen LogP contribution in [0.4, 0.5) is 11.4 Å². The molecule has 3 aromatic carbocycles. The molecule has 1 heterocycles. The van der Waals surface area contributed by atoms with E-state index in [9.17, 15) is 24.8 Å². The van der Waals surface area contributed by atoms with E-state index in [1.807, 2.05) is 0 Å². The third-order valence-corrected chi connectivity index (χ3v) is 5.57. The first kappa shape index (κ1) is 22.5. The molecule has 172 valence electrons. The van der Waals surface area contributed by atoms with Gasteiger partial charge < -0.3 is 14.6 Å². The number of carbonyl (C=O) groups excluding carboxylic acids is 2. The van der Waals surface area contributed by atoms with Gasteiger partial charge in [0.2, 0.25) is 0 Å². The van der Waals surface area contributed by atoms with Gasteiger partial charge in [-0.15, -0.1) is 0 Å². The third-order valence-electron chi connectivity index (χ3n) is 5.57. The number of benzene rings is 3. The molecule has 1 saturated heterocycles. The van der Waals surface area contributed by atoms with E-state index in [1.54, 1.807) is 48.5 Å². The molecule has 0 saturated carbocycles. The number of hydrogen-bond donors (Lipinski definition) is 1. The van der Waals surface area contributed by atoms with Gasteiger partial charge in [-0.1, -0.05) is 30.3 Å². The molecule has 0 bridgehead atoms. The Kier molecular flexibility index (Phi) is 6.01. The number of ether oxygens (including phenoxy) is 2. The summed E-state index contributed by atoms with van der Waals surface area (Å²) in [6.45, 7) is 0. The average molecular weight is 460 g/mol. The van der Waals surface area contributed by atoms with Crippen molar-refractivity contribution in [3.63, 3.8) is 0 Å². The maximum absolute atomic E-state index is 13.2. The molecule has 0 spiro atoms. The number of non-ortho nitro benzene ring substituents is 1. The van der Waals surface area contributed by atoms with Gasteiger partial charge in [0.15, 0.2) is 0 Å². The molecule has 1 N–H and O–H groups in total. The topological polar surface area (TPSA) is 119 Å². The van der Waals surface area contributed by atoms with Crippen LogP contribution < -0.4 is 14.4 Å². The summed E-state index contributed by atoms with van der Waals surface area (Å²) in [4.78, 5) is 38.1. The third kappa shape index (κ3) is 3.83. The van der Waals surface area contributed by atoms with Gasteiger partial charge in [0.25, 0.3) is 17.4 Å². The minimum absolute atomic E-state index is 0.127. The normalized spacial score (nSPS) is 17.0. The van der Waals surface area contributed by atoms with Gasteiger partial charge in [-0.3, -0.25) is 24.6 Å². The number of nitro benzene ring substituents is 1. The van der Waals surface area contributed by atoms with Gasteiger partial charge in [-0.05, 0) is 24.3 Å². The van der Waals surface area contributed by atoms with Crippen molar-refractivity contribution < 1.29 is 29.1 Å². The van der Waals surface area contributed by atoms with E-state index in [0.717, 1.165) is 0 Å². The summed E-state index contributed by atoms with van der Waals surface area (Å²) in [6, 6.07) is 17.5. The van der Waals surface area contributed by atoms with Crippen molar-refractivity contribution in [2.75, 3.05) is 19.1 Å². The van der Waals surface area contributed by atoms with Crippen LogP contribution in [0.25, 0.3) is 5.76 Å². The van der Waals surface area contributed by atoms with Crippen molar-refractivity contribution in [3.8, 4) is 11.5 Å². The first-order valence-corrected chi connectivity index (χ1v) is 10.2. The van der Waals surface area contributed by atoms with Crippen LogP contribution in [0.15, 0.2) is 78.4 Å². The van der Waals surface area contributed by atoms with Crippen LogP contribution in [0.5, 0.6) is 11.5 Å². The van der Waals surface area contributed by atoms with Crippen molar-refractivity contribution in [2.45, 2.75) is 6.04 Å². The highest BCUT2D eigenvalue weighted by atomic mass is 16.6. The van der Waals surface area contributed by atoms with Crippen LogP contribution in [0.3, 0.4) is 0 Å². The van der Waals surface area contributed by atoms with Crippen LogP contribution in [0.2, 0.25) is 0 Å². The predicted octanol–water partition coefficient (Wildman–Crippen LogP) is 4.24. The minimum atomic E-state index is -1.05. The Morgan fingerprint density at radius 3 is 2.24 bits per heavy atom. The van der Waals surface area contributed by atoms with Crippen molar-refractivity contribution in [3.05, 3.63) is 99.6 Å². The molecule has 34 heavy (non-hydrogen) atoms. The molecule has 0 unspecified atom stereocenters. The Balaban J connectivity index is 1.97. The number of anilines is 1. The van der Waals surface area contributed by atoms with Gasteiger partial charge in [0.1, 0.15) is 17.3 Å². The number of nitro groups is 1. The number of hydrogen-bond acceptors (Lipinski definition) is 7. The largest absolute Gasteiger partial charge is 0.507 e. The summed E-state index contributed by atoms with van der Waals surface area (Å²) < 4.78 is 10.8. The molecule has 1 fully saturated rings. The summed E-state index contributed by atoms with van der Waals surface area (Å²) in [6.07, 6.45) is 0. The van der Waals surface area contributed by atoms with E-state index < -0.39 is 22.7 Å². The van der Waals surface area contributed by atoms with E-state index >= 15 is 0 Å². The fourth-order valence-electron chi connectivity index (χ4n) is 3.92. The molecule has 1 aliphatic rings. The molecule has 0 aromatic heterocycles. The molecule has 3 aromatic rings. The standard InChI is InChI=1S/C25H20N2O7/c1-33-18-12-13-19(20(14-18)34-2)22-21(23(28)15-6-4-3-5-7-15)24(29)25(30)26(22)16-8-10-17(11-9-16)27(31)32/h3-14,22,28H,1-2H3/b23-21+/t22-/m0/s1. The van der Waals surface area contributed by atoms with E-state index in [-0.39, 0.29) is 22.7 Å². The van der Waals surface area contributed by atoms with Crippen molar-refractivity contribution in [1.29, 1.82) is 0 Å². The number of nitrogens with zero attached hydrogens (tertiary/aromatic N) is 2. The lowest BCUT2D eigenvalue weighted by molar-refractivity contribution is -0.384. The highest BCUT2D eigenvalue weighted by Gasteiger charge is 2.48. The first-order chi connectivity index (χ1) is 16.4. The van der Waals surface area contributed by atoms with Crippen molar-refractivity contribution >= 4 is 28.8 Å². The van der Waals surface area contributed by atoms with E-state index in [1.165, 1.54) is 43.4 Å². The zero-order chi connectivity index (χ0) is 24.4. The molecule has 0 radical (unpaired) electrons. The molecule has 9 heteroatoms. The molecule has 9 nitrogen and oxygen atoms in total. The molecule has 1 aliphatic heterocycles. The van der Waals surface area contributed by atoms with Crippen LogP contribution in [0.1, 0.15) is 17.2 Å². The smallest absolute Gasteiger partial charge is 0.300 e. The molecule has 1 atom stereocenters. The lowest BCUT2D eigenvalue weighted by Gasteiger charge is -2.26. The van der Waals surface area contributed by atoms with Crippen LogP contribution in [-0.4, -0.2) is 35.9 Å². The summed E-state index contributed by atoms with van der Waals surface area (Å²) in [5.74, 6) is -1.28. The van der Waals surface area contributed by atoms with Crippen LogP contribution >= 0.6 is 0 Å². The van der Waals surface area contributed by atoms with Gasteiger partial charge in [-0.25, -0.2) is 0 Å². The number of aliphatic hydroxyl groups excluding tert-OH is 1. The van der Waals surface area contributed by atoms with E-state index in [2.05, 4.69) is 0 Å². The summed E-state index contributed by atoms with van der Waals surface area (Å²) >= 11 is 0. The maximum Gasteiger partial charge on any atom is 0.300 e. The summed E-state index contributed by atoms with van der Waals surface area (Å²) in [5, 5.41) is 22.2. The Hall–Kier alpha value is -4.66. The number of aliphatic hydroxyl groups is 1. The second-order valence-electron chi connectivity index (χ2n) is 7.42. The zero-order valence-electron chi connectivity index (χ0n) is 18.3. The molecule has 1 amide bonds. The predicted molar refractivity (Wildman–Crippen MR) is 124 cm³/mol. The van der Waals surface area contributed by atoms with Crippen LogP contribution in [0, 0.1) is 10.1 Å². The van der Waals surface area contributed by atoms with E-state index in [4.69, 9.17) is 9.47 Å².